The van der Waals surface area contributed by atoms with Gasteiger partial charge in [0.25, 0.3) is 0 Å². The molecule has 78 valence electrons. The molecule has 1 aromatic carbocycles. The minimum absolute atomic E-state index is 0.219. The molecular formula is C12H17FO. The van der Waals surface area contributed by atoms with Gasteiger partial charge in [0.15, 0.2) is 0 Å². The quantitative estimate of drug-likeness (QED) is 0.783. The molecule has 0 fully saturated rings. The van der Waals surface area contributed by atoms with Gasteiger partial charge in [0.2, 0.25) is 0 Å². The molecule has 0 aliphatic heterocycles. The molecule has 2 heteroatoms. The highest BCUT2D eigenvalue weighted by atomic mass is 19.1. The summed E-state index contributed by atoms with van der Waals surface area (Å²) in [6, 6.07) is 6.20. The summed E-state index contributed by atoms with van der Waals surface area (Å²) in [5.41, 5.74) is 0.679. The second-order valence-corrected chi connectivity index (χ2v) is 3.58. The van der Waals surface area contributed by atoms with Crippen molar-refractivity contribution >= 4 is 0 Å². The van der Waals surface area contributed by atoms with Crippen molar-refractivity contribution < 1.29 is 9.50 Å². The van der Waals surface area contributed by atoms with Crippen molar-refractivity contribution in [3.8, 4) is 0 Å². The number of benzene rings is 1. The minimum atomic E-state index is -0.541. The Bertz CT molecular complexity index is 281. The number of rotatable bonds is 4. The summed E-state index contributed by atoms with van der Waals surface area (Å²) in [7, 11) is 0. The lowest BCUT2D eigenvalue weighted by atomic mass is 9.91. The van der Waals surface area contributed by atoms with E-state index in [1.807, 2.05) is 13.8 Å². The van der Waals surface area contributed by atoms with E-state index in [0.717, 1.165) is 12.8 Å². The van der Waals surface area contributed by atoms with Crippen LogP contribution < -0.4 is 0 Å². The summed E-state index contributed by atoms with van der Waals surface area (Å²) >= 11 is 0. The van der Waals surface area contributed by atoms with Crippen LogP contribution >= 0.6 is 0 Å². The highest BCUT2D eigenvalue weighted by molar-refractivity contribution is 5.19. The molecule has 0 spiro atoms. The van der Waals surface area contributed by atoms with Crippen molar-refractivity contribution in [3.63, 3.8) is 0 Å². The molecular weight excluding hydrogens is 179 g/mol. The minimum Gasteiger partial charge on any atom is -0.388 e. The van der Waals surface area contributed by atoms with Gasteiger partial charge in [-0.2, -0.15) is 0 Å². The summed E-state index contributed by atoms with van der Waals surface area (Å²) in [5, 5.41) is 9.94. The fourth-order valence-corrected chi connectivity index (χ4v) is 1.70. The van der Waals surface area contributed by atoms with Crippen molar-refractivity contribution in [3.05, 3.63) is 35.6 Å². The van der Waals surface area contributed by atoms with Crippen LogP contribution in [0.5, 0.6) is 0 Å². The lowest BCUT2D eigenvalue weighted by Crippen LogP contribution is -2.10. The summed E-state index contributed by atoms with van der Waals surface area (Å²) in [5.74, 6) is -0.0655. The van der Waals surface area contributed by atoms with Gasteiger partial charge in [0.1, 0.15) is 5.82 Å². The van der Waals surface area contributed by atoms with E-state index in [0.29, 0.717) is 5.56 Å². The SMILES string of the molecule is CCC(CC)C(O)c1cccc(F)c1. The van der Waals surface area contributed by atoms with Crippen LogP contribution in [0, 0.1) is 11.7 Å². The third-order valence-corrected chi connectivity index (χ3v) is 2.69. The molecule has 1 unspecified atom stereocenters. The molecule has 1 N–H and O–H groups in total. The average Bonchev–Trinajstić information content (AvgIpc) is 2.19. The molecule has 0 saturated carbocycles. The van der Waals surface area contributed by atoms with E-state index in [-0.39, 0.29) is 11.7 Å². The molecule has 0 aliphatic carbocycles. The first-order valence-electron chi connectivity index (χ1n) is 5.12. The third kappa shape index (κ3) is 2.55. The van der Waals surface area contributed by atoms with Gasteiger partial charge >= 0.3 is 0 Å². The maximum Gasteiger partial charge on any atom is 0.123 e. The van der Waals surface area contributed by atoms with E-state index in [9.17, 15) is 9.50 Å². The zero-order valence-corrected chi connectivity index (χ0v) is 8.70. The van der Waals surface area contributed by atoms with Crippen LogP contribution in [0.3, 0.4) is 0 Å². The third-order valence-electron chi connectivity index (χ3n) is 2.69. The maximum absolute atomic E-state index is 12.9. The predicted molar refractivity (Wildman–Crippen MR) is 55.4 cm³/mol. The highest BCUT2D eigenvalue weighted by Gasteiger charge is 2.17. The Kier molecular flexibility index (Phi) is 4.08. The molecule has 14 heavy (non-hydrogen) atoms. The topological polar surface area (TPSA) is 20.2 Å². The second kappa shape index (κ2) is 5.11. The summed E-state index contributed by atoms with van der Waals surface area (Å²) < 4.78 is 12.9. The Morgan fingerprint density at radius 1 is 1.29 bits per heavy atom. The molecule has 0 amide bonds. The molecule has 0 saturated heterocycles. The molecule has 1 nitrogen and oxygen atoms in total. The Morgan fingerprint density at radius 3 is 2.43 bits per heavy atom. The van der Waals surface area contributed by atoms with Gasteiger partial charge in [-0.25, -0.2) is 4.39 Å². The van der Waals surface area contributed by atoms with E-state index in [2.05, 4.69) is 0 Å². The zero-order chi connectivity index (χ0) is 10.6. The van der Waals surface area contributed by atoms with Crippen LogP contribution in [0.1, 0.15) is 38.4 Å². The number of aliphatic hydroxyl groups is 1. The molecule has 1 atom stereocenters. The lowest BCUT2D eigenvalue weighted by Gasteiger charge is -2.20. The zero-order valence-electron chi connectivity index (χ0n) is 8.70. The first kappa shape index (κ1) is 11.2. The molecule has 0 radical (unpaired) electrons. The monoisotopic (exact) mass is 196 g/mol. The van der Waals surface area contributed by atoms with E-state index in [4.69, 9.17) is 0 Å². The van der Waals surface area contributed by atoms with Crippen LogP contribution in [0.4, 0.5) is 4.39 Å². The number of hydrogen-bond donors (Lipinski definition) is 1. The first-order valence-corrected chi connectivity index (χ1v) is 5.12. The first-order chi connectivity index (χ1) is 6.69. The Hall–Kier alpha value is -0.890. The van der Waals surface area contributed by atoms with Gasteiger partial charge in [-0.3, -0.25) is 0 Å². The molecule has 0 aliphatic rings. The van der Waals surface area contributed by atoms with E-state index in [1.165, 1.54) is 12.1 Å². The van der Waals surface area contributed by atoms with Crippen molar-refractivity contribution in [1.29, 1.82) is 0 Å². The van der Waals surface area contributed by atoms with Crippen LogP contribution in [0.25, 0.3) is 0 Å². The number of halogens is 1. The van der Waals surface area contributed by atoms with Crippen LogP contribution in [0.15, 0.2) is 24.3 Å². The Balaban J connectivity index is 2.82. The second-order valence-electron chi connectivity index (χ2n) is 3.58. The van der Waals surface area contributed by atoms with Gasteiger partial charge in [0, 0.05) is 0 Å². The maximum atomic E-state index is 12.9. The van der Waals surface area contributed by atoms with Gasteiger partial charge in [-0.1, -0.05) is 38.8 Å². The number of aliphatic hydroxyl groups excluding tert-OH is 1. The fraction of sp³-hybridized carbons (Fsp3) is 0.500. The van der Waals surface area contributed by atoms with E-state index in [1.54, 1.807) is 12.1 Å². The van der Waals surface area contributed by atoms with Crippen molar-refractivity contribution in [2.75, 3.05) is 0 Å². The molecule has 0 heterocycles. The molecule has 1 rings (SSSR count). The average molecular weight is 196 g/mol. The fourth-order valence-electron chi connectivity index (χ4n) is 1.70. The van der Waals surface area contributed by atoms with E-state index < -0.39 is 6.10 Å². The molecule has 0 aromatic heterocycles. The van der Waals surface area contributed by atoms with Crippen LogP contribution in [0.2, 0.25) is 0 Å². The van der Waals surface area contributed by atoms with Crippen LogP contribution in [-0.4, -0.2) is 5.11 Å². The van der Waals surface area contributed by atoms with Crippen molar-refractivity contribution in [2.45, 2.75) is 32.8 Å². The van der Waals surface area contributed by atoms with Gasteiger partial charge in [0.05, 0.1) is 6.10 Å². The normalized spacial score (nSPS) is 13.2. The Morgan fingerprint density at radius 2 is 1.93 bits per heavy atom. The predicted octanol–water partition coefficient (Wildman–Crippen LogP) is 3.30. The van der Waals surface area contributed by atoms with Gasteiger partial charge in [-0.15, -0.1) is 0 Å². The van der Waals surface area contributed by atoms with Gasteiger partial charge < -0.3 is 5.11 Å². The summed E-state index contributed by atoms with van der Waals surface area (Å²) in [4.78, 5) is 0. The standard InChI is InChI=1S/C12H17FO/c1-3-9(4-2)12(14)10-6-5-7-11(13)8-10/h5-9,12,14H,3-4H2,1-2H3. The number of hydrogen-bond acceptors (Lipinski definition) is 1. The molecule has 0 bridgehead atoms. The smallest absolute Gasteiger partial charge is 0.123 e. The van der Waals surface area contributed by atoms with E-state index >= 15 is 0 Å². The molecule has 1 aromatic rings. The lowest BCUT2D eigenvalue weighted by molar-refractivity contribution is 0.103. The van der Waals surface area contributed by atoms with Crippen LogP contribution in [-0.2, 0) is 0 Å². The largest absolute Gasteiger partial charge is 0.388 e. The van der Waals surface area contributed by atoms with Gasteiger partial charge in [-0.05, 0) is 23.6 Å². The summed E-state index contributed by atoms with van der Waals surface area (Å²) in [6.07, 6.45) is 1.28. The van der Waals surface area contributed by atoms with Crippen molar-refractivity contribution in [1.82, 2.24) is 0 Å². The summed E-state index contributed by atoms with van der Waals surface area (Å²) in [6.45, 7) is 4.08. The Labute approximate surface area is 84.6 Å². The van der Waals surface area contributed by atoms with Crippen molar-refractivity contribution in [2.24, 2.45) is 5.92 Å². The highest BCUT2D eigenvalue weighted by Crippen LogP contribution is 2.27.